The van der Waals surface area contributed by atoms with Crippen LogP contribution in [0.5, 0.6) is 0 Å². The summed E-state index contributed by atoms with van der Waals surface area (Å²) in [7, 11) is 0. The molecular weight excluding hydrogens is 174 g/mol. The summed E-state index contributed by atoms with van der Waals surface area (Å²) >= 11 is 0. The summed E-state index contributed by atoms with van der Waals surface area (Å²) in [5, 5.41) is 2.79. The second-order valence-corrected chi connectivity index (χ2v) is 3.41. The number of aryl methyl sites for hydroxylation is 2. The fourth-order valence-corrected chi connectivity index (χ4v) is 1.38. The van der Waals surface area contributed by atoms with Gasteiger partial charge in [-0.3, -0.25) is 4.79 Å². The van der Waals surface area contributed by atoms with E-state index in [1.807, 2.05) is 32.1 Å². The van der Waals surface area contributed by atoms with E-state index < -0.39 is 0 Å². The quantitative estimate of drug-likeness (QED) is 0.761. The van der Waals surface area contributed by atoms with Gasteiger partial charge in [-0.1, -0.05) is 12.7 Å². The summed E-state index contributed by atoms with van der Waals surface area (Å²) in [4.78, 5) is 10.9. The molecule has 0 aromatic heterocycles. The number of amides is 1. The standard InChI is InChI=1S/C12H15NO/c1-5-11-6-9(3)12(7-8(11)2)13-10(4)14/h5-7H,1H2,2-4H3,(H,13,14). The molecule has 0 aliphatic rings. The summed E-state index contributed by atoms with van der Waals surface area (Å²) < 4.78 is 0. The molecule has 2 heteroatoms. The van der Waals surface area contributed by atoms with Gasteiger partial charge >= 0.3 is 0 Å². The van der Waals surface area contributed by atoms with E-state index in [0.717, 1.165) is 22.4 Å². The minimum atomic E-state index is -0.0427. The zero-order valence-corrected chi connectivity index (χ0v) is 8.85. The van der Waals surface area contributed by atoms with E-state index in [9.17, 15) is 4.79 Å². The molecule has 0 spiro atoms. The Balaban J connectivity index is 3.14. The van der Waals surface area contributed by atoms with Crippen LogP contribution in [-0.2, 0) is 4.79 Å². The fourth-order valence-electron chi connectivity index (χ4n) is 1.38. The van der Waals surface area contributed by atoms with Crippen molar-refractivity contribution in [1.29, 1.82) is 0 Å². The first kappa shape index (κ1) is 10.5. The van der Waals surface area contributed by atoms with Gasteiger partial charge in [0.1, 0.15) is 0 Å². The van der Waals surface area contributed by atoms with Crippen LogP contribution in [0, 0.1) is 13.8 Å². The smallest absolute Gasteiger partial charge is 0.221 e. The third kappa shape index (κ3) is 2.22. The average molecular weight is 189 g/mol. The van der Waals surface area contributed by atoms with Crippen molar-refractivity contribution in [3.63, 3.8) is 0 Å². The van der Waals surface area contributed by atoms with Crippen molar-refractivity contribution in [3.8, 4) is 0 Å². The lowest BCUT2D eigenvalue weighted by Gasteiger charge is -2.09. The Bertz CT molecular complexity index is 380. The summed E-state index contributed by atoms with van der Waals surface area (Å²) in [6, 6.07) is 3.99. The Labute approximate surface area is 84.6 Å². The molecule has 1 rings (SSSR count). The summed E-state index contributed by atoms with van der Waals surface area (Å²) in [5.41, 5.74) is 4.16. The van der Waals surface area contributed by atoms with Crippen LogP contribution in [-0.4, -0.2) is 5.91 Å². The van der Waals surface area contributed by atoms with Gasteiger partial charge in [-0.2, -0.15) is 0 Å². The maximum atomic E-state index is 10.9. The van der Waals surface area contributed by atoms with Gasteiger partial charge in [-0.15, -0.1) is 0 Å². The predicted molar refractivity (Wildman–Crippen MR) is 60.3 cm³/mol. The van der Waals surface area contributed by atoms with Crippen molar-refractivity contribution in [2.45, 2.75) is 20.8 Å². The Hall–Kier alpha value is -1.57. The Morgan fingerprint density at radius 2 is 2.00 bits per heavy atom. The first-order valence-corrected chi connectivity index (χ1v) is 4.56. The summed E-state index contributed by atoms with van der Waals surface area (Å²) in [6.45, 7) is 9.22. The highest BCUT2D eigenvalue weighted by molar-refractivity contribution is 5.89. The average Bonchev–Trinajstić information content (AvgIpc) is 2.10. The fraction of sp³-hybridized carbons (Fsp3) is 0.250. The van der Waals surface area contributed by atoms with E-state index in [4.69, 9.17) is 0 Å². The number of anilines is 1. The molecule has 2 nitrogen and oxygen atoms in total. The van der Waals surface area contributed by atoms with Crippen LogP contribution in [0.4, 0.5) is 5.69 Å². The first-order valence-electron chi connectivity index (χ1n) is 4.56. The van der Waals surface area contributed by atoms with Crippen molar-refractivity contribution in [1.82, 2.24) is 0 Å². The molecule has 1 amide bonds. The van der Waals surface area contributed by atoms with Crippen molar-refractivity contribution in [2.24, 2.45) is 0 Å². The van der Waals surface area contributed by atoms with Gasteiger partial charge in [-0.25, -0.2) is 0 Å². The molecule has 1 aromatic rings. The molecule has 0 aliphatic carbocycles. The lowest BCUT2D eigenvalue weighted by atomic mass is 10.0. The molecule has 0 aliphatic heterocycles. The van der Waals surface area contributed by atoms with Crippen molar-refractivity contribution in [3.05, 3.63) is 35.4 Å². The molecule has 0 fully saturated rings. The minimum Gasteiger partial charge on any atom is -0.326 e. The van der Waals surface area contributed by atoms with Crippen LogP contribution >= 0.6 is 0 Å². The molecular formula is C12H15NO. The molecule has 0 saturated carbocycles. The normalized spacial score (nSPS) is 9.64. The Morgan fingerprint density at radius 3 is 2.50 bits per heavy atom. The highest BCUT2D eigenvalue weighted by atomic mass is 16.1. The molecule has 0 radical (unpaired) electrons. The second-order valence-electron chi connectivity index (χ2n) is 3.41. The van der Waals surface area contributed by atoms with Crippen LogP contribution < -0.4 is 5.32 Å². The molecule has 0 atom stereocenters. The number of rotatable bonds is 2. The monoisotopic (exact) mass is 189 g/mol. The van der Waals surface area contributed by atoms with Gasteiger partial charge < -0.3 is 5.32 Å². The number of hydrogen-bond donors (Lipinski definition) is 1. The third-order valence-corrected chi connectivity index (χ3v) is 2.14. The van der Waals surface area contributed by atoms with Crippen LogP contribution in [0.2, 0.25) is 0 Å². The van der Waals surface area contributed by atoms with Gasteiger partial charge in [0.25, 0.3) is 0 Å². The van der Waals surface area contributed by atoms with Crippen molar-refractivity contribution in [2.75, 3.05) is 5.32 Å². The van der Waals surface area contributed by atoms with Crippen LogP contribution in [0.3, 0.4) is 0 Å². The molecule has 0 heterocycles. The minimum absolute atomic E-state index is 0.0427. The Morgan fingerprint density at radius 1 is 1.36 bits per heavy atom. The largest absolute Gasteiger partial charge is 0.326 e. The zero-order chi connectivity index (χ0) is 10.7. The van der Waals surface area contributed by atoms with E-state index in [1.54, 1.807) is 0 Å². The third-order valence-electron chi connectivity index (χ3n) is 2.14. The lowest BCUT2D eigenvalue weighted by molar-refractivity contribution is -0.114. The van der Waals surface area contributed by atoms with Crippen LogP contribution in [0.15, 0.2) is 18.7 Å². The zero-order valence-electron chi connectivity index (χ0n) is 8.85. The van der Waals surface area contributed by atoms with E-state index in [0.29, 0.717) is 0 Å². The van der Waals surface area contributed by atoms with E-state index in [2.05, 4.69) is 11.9 Å². The number of carbonyl (C=O) groups is 1. The molecule has 14 heavy (non-hydrogen) atoms. The van der Waals surface area contributed by atoms with Gasteiger partial charge in [0.2, 0.25) is 5.91 Å². The lowest BCUT2D eigenvalue weighted by Crippen LogP contribution is -2.07. The maximum Gasteiger partial charge on any atom is 0.221 e. The number of nitrogens with one attached hydrogen (secondary N) is 1. The molecule has 74 valence electrons. The highest BCUT2D eigenvalue weighted by Gasteiger charge is 2.03. The summed E-state index contributed by atoms with van der Waals surface area (Å²) in [6.07, 6.45) is 1.82. The molecule has 0 bridgehead atoms. The SMILES string of the molecule is C=Cc1cc(C)c(NC(C)=O)cc1C. The van der Waals surface area contributed by atoms with Crippen LogP contribution in [0.25, 0.3) is 6.08 Å². The van der Waals surface area contributed by atoms with Gasteiger partial charge in [0.05, 0.1) is 0 Å². The highest BCUT2D eigenvalue weighted by Crippen LogP contribution is 2.21. The number of carbonyl (C=O) groups excluding carboxylic acids is 1. The van der Waals surface area contributed by atoms with E-state index in [1.165, 1.54) is 6.92 Å². The second kappa shape index (κ2) is 4.09. The van der Waals surface area contributed by atoms with E-state index >= 15 is 0 Å². The molecule has 1 N–H and O–H groups in total. The predicted octanol–water partition coefficient (Wildman–Crippen LogP) is 2.90. The van der Waals surface area contributed by atoms with Gasteiger partial charge in [0.15, 0.2) is 0 Å². The van der Waals surface area contributed by atoms with Crippen molar-refractivity contribution >= 4 is 17.7 Å². The molecule has 0 saturated heterocycles. The molecule has 0 unspecified atom stereocenters. The first-order chi connectivity index (χ1) is 6.54. The van der Waals surface area contributed by atoms with E-state index in [-0.39, 0.29) is 5.91 Å². The maximum absolute atomic E-state index is 10.9. The number of benzene rings is 1. The topological polar surface area (TPSA) is 29.1 Å². The van der Waals surface area contributed by atoms with Crippen LogP contribution in [0.1, 0.15) is 23.6 Å². The molecule has 1 aromatic carbocycles. The summed E-state index contributed by atoms with van der Waals surface area (Å²) in [5.74, 6) is -0.0427. The van der Waals surface area contributed by atoms with Gasteiger partial charge in [0, 0.05) is 12.6 Å². The number of hydrogen-bond acceptors (Lipinski definition) is 1. The van der Waals surface area contributed by atoms with Gasteiger partial charge in [-0.05, 0) is 42.7 Å². The van der Waals surface area contributed by atoms with Crippen molar-refractivity contribution < 1.29 is 4.79 Å². The Kier molecular flexibility index (Phi) is 3.07.